The van der Waals surface area contributed by atoms with E-state index < -0.39 is 23.9 Å². The Kier molecular flexibility index (Phi) is 4.61. The van der Waals surface area contributed by atoms with Crippen LogP contribution in [0.3, 0.4) is 0 Å². The number of carboxylic acids is 1. The van der Waals surface area contributed by atoms with Gasteiger partial charge in [-0.05, 0) is 17.7 Å². The van der Waals surface area contributed by atoms with E-state index in [0.29, 0.717) is 0 Å². The second-order valence-electron chi connectivity index (χ2n) is 4.40. The summed E-state index contributed by atoms with van der Waals surface area (Å²) >= 11 is 0. The lowest BCUT2D eigenvalue weighted by Crippen LogP contribution is -2.42. The van der Waals surface area contributed by atoms with E-state index in [0.717, 1.165) is 5.56 Å². The van der Waals surface area contributed by atoms with Crippen molar-refractivity contribution in [1.29, 1.82) is 0 Å². The van der Waals surface area contributed by atoms with Crippen LogP contribution in [0.1, 0.15) is 15.9 Å². The maximum absolute atomic E-state index is 13.4. The van der Waals surface area contributed by atoms with E-state index in [-0.39, 0.29) is 12.0 Å². The first-order valence-electron chi connectivity index (χ1n) is 6.26. The summed E-state index contributed by atoms with van der Waals surface area (Å²) < 4.78 is 13.4. The number of hydrogen-bond donors (Lipinski definition) is 2. The van der Waals surface area contributed by atoms with Crippen molar-refractivity contribution >= 4 is 11.9 Å². The zero-order chi connectivity index (χ0) is 15.2. The number of aliphatic carboxylic acids is 1. The molecule has 0 radical (unpaired) electrons. The molecule has 1 amide bonds. The minimum atomic E-state index is -1.18. The molecule has 108 valence electrons. The summed E-state index contributed by atoms with van der Waals surface area (Å²) in [5.74, 6) is -2.92. The highest BCUT2D eigenvalue weighted by atomic mass is 18.2. The fourth-order valence-corrected chi connectivity index (χ4v) is 1.84. The monoisotopic (exact) mass is 287 g/mol. The Bertz CT molecular complexity index is 646. The molecule has 0 fully saturated rings. The number of nitrogens with zero attached hydrogens (tertiary/aromatic N) is 1. The molecule has 1 heterocycles. The van der Waals surface area contributed by atoms with E-state index in [1.165, 1.54) is 18.3 Å². The van der Waals surface area contributed by atoms with Crippen molar-refractivity contribution in [3.63, 3.8) is 0 Å². The van der Waals surface area contributed by atoms with Crippen molar-refractivity contribution in [2.24, 2.45) is 0 Å². The first-order chi connectivity index (χ1) is 10.1. The topological polar surface area (TPSA) is 79.3 Å². The van der Waals surface area contributed by atoms with Gasteiger partial charge in [-0.15, -0.1) is 0 Å². The van der Waals surface area contributed by atoms with Crippen LogP contribution in [0, 0.1) is 5.95 Å². The molecule has 2 rings (SSSR count). The number of carbonyl (C=O) groups excluding carboxylic acids is 1. The summed E-state index contributed by atoms with van der Waals surface area (Å²) in [6.45, 7) is 0. The number of amides is 1. The molecule has 5 nitrogen and oxygen atoms in total. The van der Waals surface area contributed by atoms with Crippen LogP contribution in [0.4, 0.5) is 4.39 Å². The van der Waals surface area contributed by atoms with Crippen molar-refractivity contribution in [3.05, 3.63) is 65.7 Å². The Morgan fingerprint density at radius 2 is 1.90 bits per heavy atom. The third-order valence-electron chi connectivity index (χ3n) is 2.89. The Morgan fingerprint density at radius 1 is 1.19 bits per heavy atom. The zero-order valence-electron chi connectivity index (χ0n) is 11.0. The summed E-state index contributed by atoms with van der Waals surface area (Å²) in [4.78, 5) is 26.5. The molecule has 6 heteroatoms. The molecule has 2 aromatic rings. The predicted molar refractivity (Wildman–Crippen MR) is 73.2 cm³/mol. The smallest absolute Gasteiger partial charge is 0.326 e. The normalized spacial score (nSPS) is 11.7. The molecular weight excluding hydrogens is 274 g/mol. The highest BCUT2D eigenvalue weighted by molar-refractivity contribution is 5.96. The van der Waals surface area contributed by atoms with Crippen molar-refractivity contribution in [2.45, 2.75) is 12.5 Å². The number of carbonyl (C=O) groups is 2. The lowest BCUT2D eigenvalue weighted by molar-refractivity contribution is -0.139. The number of nitrogens with one attached hydrogen (secondary N) is 1. The van der Waals surface area contributed by atoms with Gasteiger partial charge in [0.2, 0.25) is 5.95 Å². The van der Waals surface area contributed by atoms with E-state index in [1.54, 1.807) is 24.3 Å². The van der Waals surface area contributed by atoms with Crippen LogP contribution >= 0.6 is 0 Å². The van der Waals surface area contributed by atoms with Crippen LogP contribution < -0.4 is 5.32 Å². The summed E-state index contributed by atoms with van der Waals surface area (Å²) in [6.07, 6.45) is 1.33. The maximum atomic E-state index is 13.4. The highest BCUT2D eigenvalue weighted by Crippen LogP contribution is 2.07. The van der Waals surface area contributed by atoms with Crippen molar-refractivity contribution < 1.29 is 19.1 Å². The average molecular weight is 287 g/mol. The zero-order valence-corrected chi connectivity index (χ0v) is 11.0. The summed E-state index contributed by atoms with van der Waals surface area (Å²) in [5, 5.41) is 11.5. The second kappa shape index (κ2) is 6.60. The molecule has 0 aliphatic heterocycles. The Labute approximate surface area is 120 Å². The summed E-state index contributed by atoms with van der Waals surface area (Å²) in [5.41, 5.74) is 0.480. The SMILES string of the molecule is O=C(N[C@@H](Cc1ccccc1)C(=O)O)c1cccnc1[18F]. The van der Waals surface area contributed by atoms with Crippen LogP contribution in [0.25, 0.3) is 0 Å². The van der Waals surface area contributed by atoms with Crippen LogP contribution in [0.2, 0.25) is 0 Å². The van der Waals surface area contributed by atoms with Crippen LogP contribution in [0.15, 0.2) is 48.7 Å². The highest BCUT2D eigenvalue weighted by Gasteiger charge is 2.22. The molecule has 1 aromatic carbocycles. The van der Waals surface area contributed by atoms with E-state index in [2.05, 4.69) is 10.3 Å². The molecule has 0 saturated carbocycles. The fraction of sp³-hybridized carbons (Fsp3) is 0.133. The Balaban J connectivity index is 2.12. The van der Waals surface area contributed by atoms with Crippen LogP contribution in [-0.2, 0) is 11.2 Å². The first-order valence-corrected chi connectivity index (χ1v) is 6.26. The Hall–Kier alpha value is -2.76. The van der Waals surface area contributed by atoms with Gasteiger partial charge in [-0.2, -0.15) is 4.39 Å². The van der Waals surface area contributed by atoms with E-state index in [1.807, 2.05) is 6.07 Å². The lowest BCUT2D eigenvalue weighted by Gasteiger charge is -2.14. The van der Waals surface area contributed by atoms with Gasteiger partial charge < -0.3 is 10.4 Å². The third-order valence-corrected chi connectivity index (χ3v) is 2.89. The van der Waals surface area contributed by atoms with Crippen LogP contribution in [0.5, 0.6) is 0 Å². The molecule has 1 atom stereocenters. The van der Waals surface area contributed by atoms with Gasteiger partial charge >= 0.3 is 5.97 Å². The molecule has 0 aliphatic rings. The quantitative estimate of drug-likeness (QED) is 0.819. The van der Waals surface area contributed by atoms with Gasteiger partial charge in [-0.3, -0.25) is 4.79 Å². The van der Waals surface area contributed by atoms with Gasteiger partial charge in [0, 0.05) is 12.6 Å². The molecular formula is C15H13FN2O3. The minimum Gasteiger partial charge on any atom is -0.480 e. The maximum Gasteiger partial charge on any atom is 0.326 e. The Morgan fingerprint density at radius 3 is 2.52 bits per heavy atom. The van der Waals surface area contributed by atoms with Crippen molar-refractivity contribution in [1.82, 2.24) is 10.3 Å². The number of halogens is 1. The molecule has 0 unspecified atom stereocenters. The summed E-state index contributed by atoms with van der Waals surface area (Å²) in [6, 6.07) is 10.4. The molecule has 0 saturated heterocycles. The molecule has 0 spiro atoms. The van der Waals surface area contributed by atoms with E-state index in [9.17, 15) is 19.1 Å². The van der Waals surface area contributed by atoms with E-state index in [4.69, 9.17) is 0 Å². The molecule has 21 heavy (non-hydrogen) atoms. The van der Waals surface area contributed by atoms with Gasteiger partial charge in [0.15, 0.2) is 0 Å². The van der Waals surface area contributed by atoms with E-state index >= 15 is 0 Å². The second-order valence-corrected chi connectivity index (χ2v) is 4.40. The third kappa shape index (κ3) is 3.85. The predicted octanol–water partition coefficient (Wildman–Crippen LogP) is 1.65. The van der Waals surface area contributed by atoms with Gasteiger partial charge in [-0.1, -0.05) is 30.3 Å². The molecule has 0 aliphatic carbocycles. The van der Waals surface area contributed by atoms with Gasteiger partial charge in [0.1, 0.15) is 6.04 Å². The standard InChI is InChI=1S/C15H13FN2O3/c16-13-11(7-4-8-17-13)14(19)18-12(15(20)21)9-10-5-2-1-3-6-10/h1-8,12H,9H2,(H,18,19)(H,20,21)/t12-/m0/s1/i16-1. The number of pyridine rings is 1. The molecule has 2 N–H and O–H groups in total. The van der Waals surface area contributed by atoms with Gasteiger partial charge in [-0.25, -0.2) is 9.78 Å². The summed E-state index contributed by atoms with van der Waals surface area (Å²) in [7, 11) is 0. The average Bonchev–Trinajstić information content (AvgIpc) is 2.48. The minimum absolute atomic E-state index is 0.115. The van der Waals surface area contributed by atoms with Crippen molar-refractivity contribution in [2.75, 3.05) is 0 Å². The number of carboxylic acid groups (broad SMARTS) is 1. The number of hydrogen-bond acceptors (Lipinski definition) is 3. The molecule has 1 aromatic heterocycles. The molecule has 0 bridgehead atoms. The van der Waals surface area contributed by atoms with Crippen molar-refractivity contribution in [3.8, 4) is 0 Å². The number of aromatic nitrogens is 1. The van der Waals surface area contributed by atoms with Crippen LogP contribution in [-0.4, -0.2) is 28.0 Å². The fourth-order valence-electron chi connectivity index (χ4n) is 1.84. The largest absolute Gasteiger partial charge is 0.480 e. The number of benzene rings is 1. The first kappa shape index (κ1) is 14.6. The lowest BCUT2D eigenvalue weighted by atomic mass is 10.1. The van der Waals surface area contributed by atoms with Gasteiger partial charge in [0.25, 0.3) is 5.91 Å². The van der Waals surface area contributed by atoms with Gasteiger partial charge in [0.05, 0.1) is 5.56 Å². The number of rotatable bonds is 5.